The number of alkyl halides is 3. The van der Waals surface area contributed by atoms with Crippen molar-refractivity contribution in [3.05, 3.63) is 23.9 Å². The van der Waals surface area contributed by atoms with Crippen molar-refractivity contribution in [2.75, 3.05) is 14.2 Å². The van der Waals surface area contributed by atoms with E-state index in [4.69, 9.17) is 23.7 Å². The Labute approximate surface area is 170 Å². The van der Waals surface area contributed by atoms with Crippen LogP contribution in [0.1, 0.15) is 32.4 Å². The summed E-state index contributed by atoms with van der Waals surface area (Å²) < 4.78 is 66.0. The summed E-state index contributed by atoms with van der Waals surface area (Å²) in [7, 11) is 2.25. The number of hydrogen-bond acceptors (Lipinski definition) is 8. The minimum absolute atomic E-state index is 0.0870. The topological polar surface area (TPSA) is 93.2 Å². The number of pyridine rings is 1. The van der Waals surface area contributed by atoms with Crippen molar-refractivity contribution in [3.63, 3.8) is 0 Å². The van der Waals surface area contributed by atoms with Crippen LogP contribution in [0.25, 0.3) is 0 Å². The Kier molecular flexibility index (Phi) is 5.72. The predicted molar refractivity (Wildman–Crippen MR) is 93.2 cm³/mol. The Morgan fingerprint density at radius 3 is 2.30 bits per heavy atom. The molecular formula is C19H22F3NO7. The van der Waals surface area contributed by atoms with Crippen molar-refractivity contribution in [2.24, 2.45) is 5.41 Å². The van der Waals surface area contributed by atoms with E-state index in [9.17, 15) is 22.8 Å². The monoisotopic (exact) mass is 433 g/mol. The van der Waals surface area contributed by atoms with E-state index in [1.165, 1.54) is 6.07 Å². The molecule has 30 heavy (non-hydrogen) atoms. The summed E-state index contributed by atoms with van der Waals surface area (Å²) in [6.45, 7) is 3.28. The molecule has 0 amide bonds. The Bertz CT molecular complexity index is 811. The average Bonchev–Trinajstić information content (AvgIpc) is 3.00. The fraction of sp³-hybridized carbons (Fsp3) is 0.632. The minimum atomic E-state index is -4.66. The van der Waals surface area contributed by atoms with Gasteiger partial charge in [0, 0.05) is 18.9 Å². The number of fused-ring (bicyclic) bond motifs is 1. The molecule has 2 heterocycles. The number of ether oxygens (including phenoxy) is 5. The van der Waals surface area contributed by atoms with Crippen molar-refractivity contribution in [1.29, 1.82) is 0 Å². The van der Waals surface area contributed by atoms with Gasteiger partial charge in [-0.15, -0.1) is 0 Å². The van der Waals surface area contributed by atoms with Crippen LogP contribution in [0.15, 0.2) is 18.2 Å². The summed E-state index contributed by atoms with van der Waals surface area (Å²) in [5.41, 5.74) is -2.90. The van der Waals surface area contributed by atoms with E-state index in [1.807, 2.05) is 0 Å². The number of halogens is 3. The van der Waals surface area contributed by atoms with Gasteiger partial charge in [0.05, 0.1) is 20.3 Å². The molecule has 2 fully saturated rings. The van der Waals surface area contributed by atoms with E-state index in [1.54, 1.807) is 13.8 Å². The van der Waals surface area contributed by atoms with Crippen LogP contribution < -0.4 is 4.74 Å². The van der Waals surface area contributed by atoms with Gasteiger partial charge in [0.2, 0.25) is 5.88 Å². The summed E-state index contributed by atoms with van der Waals surface area (Å²) in [6, 6.07) is 3.20. The van der Waals surface area contributed by atoms with Gasteiger partial charge in [0.15, 0.2) is 11.2 Å². The number of carbonyl (C=O) groups is 2. The molecule has 3 rings (SSSR count). The maximum absolute atomic E-state index is 13.0. The number of rotatable bonds is 4. The maximum Gasteiger partial charge on any atom is 0.433 e. The second-order valence-corrected chi connectivity index (χ2v) is 7.63. The zero-order chi connectivity index (χ0) is 22.3. The van der Waals surface area contributed by atoms with Crippen LogP contribution in [-0.4, -0.2) is 55.2 Å². The summed E-state index contributed by atoms with van der Waals surface area (Å²) in [6.07, 6.45) is -7.53. The normalized spacial score (nSPS) is 27.1. The molecule has 1 aliphatic heterocycles. The zero-order valence-electron chi connectivity index (χ0n) is 16.8. The van der Waals surface area contributed by atoms with E-state index in [-0.39, 0.29) is 18.7 Å². The Hall–Kier alpha value is -2.40. The van der Waals surface area contributed by atoms with Gasteiger partial charge in [0.1, 0.15) is 17.9 Å². The molecule has 166 valence electrons. The van der Waals surface area contributed by atoms with Gasteiger partial charge >= 0.3 is 18.1 Å². The van der Waals surface area contributed by atoms with Crippen LogP contribution in [0.4, 0.5) is 13.2 Å². The Morgan fingerprint density at radius 1 is 1.10 bits per heavy atom. The zero-order valence-corrected chi connectivity index (χ0v) is 16.8. The molecule has 0 N–H and O–H groups in total. The lowest BCUT2D eigenvalue weighted by atomic mass is 9.70. The third-order valence-electron chi connectivity index (χ3n) is 5.13. The molecule has 0 bridgehead atoms. The minimum Gasteiger partial charge on any atom is -0.471 e. The smallest absolute Gasteiger partial charge is 0.433 e. The second kappa shape index (κ2) is 7.69. The Morgan fingerprint density at radius 2 is 1.73 bits per heavy atom. The summed E-state index contributed by atoms with van der Waals surface area (Å²) >= 11 is 0. The van der Waals surface area contributed by atoms with Crippen LogP contribution >= 0.6 is 0 Å². The maximum atomic E-state index is 13.0. The molecule has 1 saturated carbocycles. The molecule has 8 nitrogen and oxygen atoms in total. The first kappa shape index (κ1) is 22.3. The fourth-order valence-electron chi connectivity index (χ4n) is 3.93. The van der Waals surface area contributed by atoms with Gasteiger partial charge < -0.3 is 23.7 Å². The molecule has 11 heteroatoms. The van der Waals surface area contributed by atoms with Crippen molar-refractivity contribution in [3.8, 4) is 5.88 Å². The van der Waals surface area contributed by atoms with Crippen molar-refractivity contribution in [1.82, 2.24) is 4.98 Å². The lowest BCUT2D eigenvalue weighted by Crippen LogP contribution is -2.56. The number of methoxy groups -OCH3 is 2. The largest absolute Gasteiger partial charge is 0.471 e. The highest BCUT2D eigenvalue weighted by atomic mass is 19.4. The molecular weight excluding hydrogens is 411 g/mol. The van der Waals surface area contributed by atoms with E-state index < -0.39 is 53.3 Å². The number of aromatic nitrogens is 1. The number of nitrogens with zero attached hydrogens (tertiary/aromatic N) is 1. The van der Waals surface area contributed by atoms with Crippen molar-refractivity contribution in [2.45, 2.75) is 57.0 Å². The van der Waals surface area contributed by atoms with Gasteiger partial charge in [-0.1, -0.05) is 6.07 Å². The van der Waals surface area contributed by atoms with Crippen molar-refractivity contribution < 1.29 is 46.4 Å². The van der Waals surface area contributed by atoms with E-state index in [0.717, 1.165) is 26.4 Å². The number of esters is 2. The molecule has 0 radical (unpaired) electrons. The molecule has 0 spiro atoms. The average molecular weight is 433 g/mol. The highest BCUT2D eigenvalue weighted by molar-refractivity contribution is 6.00. The van der Waals surface area contributed by atoms with E-state index in [2.05, 4.69) is 4.98 Å². The van der Waals surface area contributed by atoms with Gasteiger partial charge in [-0.25, -0.2) is 4.98 Å². The van der Waals surface area contributed by atoms with Crippen molar-refractivity contribution >= 4 is 11.9 Å². The third-order valence-corrected chi connectivity index (χ3v) is 5.13. The van der Waals surface area contributed by atoms with Crippen LogP contribution in [0.5, 0.6) is 5.88 Å². The second-order valence-electron chi connectivity index (χ2n) is 7.63. The van der Waals surface area contributed by atoms with Crippen LogP contribution in [0, 0.1) is 5.41 Å². The molecule has 0 aromatic carbocycles. The summed E-state index contributed by atoms with van der Waals surface area (Å²) in [4.78, 5) is 28.7. The number of carbonyl (C=O) groups excluding carboxylic acids is 2. The lowest BCUT2D eigenvalue weighted by molar-refractivity contribution is -0.180. The molecule has 1 saturated heterocycles. The molecule has 1 aromatic rings. The molecule has 1 aliphatic carbocycles. The lowest BCUT2D eigenvalue weighted by Gasteiger charge is -2.40. The molecule has 0 unspecified atom stereocenters. The quantitative estimate of drug-likeness (QED) is 0.528. The molecule has 2 aliphatic rings. The first-order chi connectivity index (χ1) is 13.9. The SMILES string of the molecule is COC(=O)C1(C(=O)OC)C[C@H](Oc2cccc(C(F)(F)F)n2)[C@H]2OC(C)(C)O[C@H]2C1. The van der Waals surface area contributed by atoms with Gasteiger partial charge in [-0.05, 0) is 19.9 Å². The predicted octanol–water partition coefficient (Wildman–Crippen LogP) is 2.49. The van der Waals surface area contributed by atoms with Gasteiger partial charge in [-0.2, -0.15) is 13.2 Å². The first-order valence-electron chi connectivity index (χ1n) is 9.15. The fourth-order valence-corrected chi connectivity index (χ4v) is 3.93. The first-order valence-corrected chi connectivity index (χ1v) is 9.15. The van der Waals surface area contributed by atoms with E-state index in [0.29, 0.717) is 0 Å². The third kappa shape index (κ3) is 4.08. The standard InChI is InChI=1S/C19H22F3NO7/c1-17(2)29-11-9-18(15(24)26-3,16(25)27-4)8-10(14(11)30-17)28-13-7-5-6-12(23-13)19(20,21)22/h5-7,10-11,14H,8-9H2,1-4H3/t10-,11-,14+/m0/s1. The van der Waals surface area contributed by atoms with Crippen LogP contribution in [0.2, 0.25) is 0 Å². The highest BCUT2D eigenvalue weighted by Crippen LogP contribution is 2.47. The number of hydrogen-bond donors (Lipinski definition) is 0. The van der Waals surface area contributed by atoms with Crippen LogP contribution in [-0.2, 0) is 34.7 Å². The highest BCUT2D eigenvalue weighted by Gasteiger charge is 2.62. The molecule has 1 aromatic heterocycles. The molecule has 3 atom stereocenters. The van der Waals surface area contributed by atoms with E-state index >= 15 is 0 Å². The van der Waals surface area contributed by atoms with Gasteiger partial charge in [-0.3, -0.25) is 9.59 Å². The summed E-state index contributed by atoms with van der Waals surface area (Å²) in [5, 5.41) is 0. The summed E-state index contributed by atoms with van der Waals surface area (Å²) in [5.74, 6) is -3.09. The van der Waals surface area contributed by atoms with Crippen LogP contribution in [0.3, 0.4) is 0 Å². The van der Waals surface area contributed by atoms with Gasteiger partial charge in [0.25, 0.3) is 0 Å². The Balaban J connectivity index is 1.98.